The quantitative estimate of drug-likeness (QED) is 0.0906. The molecule has 0 saturated heterocycles. The van der Waals surface area contributed by atoms with Gasteiger partial charge in [-0.15, -0.1) is 0 Å². The number of methoxy groups -OCH3 is 2. The van der Waals surface area contributed by atoms with Gasteiger partial charge in [0, 0.05) is 38.0 Å². The van der Waals surface area contributed by atoms with Crippen molar-refractivity contribution in [3.05, 3.63) is 118 Å². The van der Waals surface area contributed by atoms with E-state index in [0.717, 1.165) is 73.8 Å². The van der Waals surface area contributed by atoms with E-state index in [1.54, 1.807) is 20.3 Å². The van der Waals surface area contributed by atoms with Crippen LogP contribution in [0.4, 0.5) is 0 Å². The Bertz CT molecular complexity index is 2250. The topological polar surface area (TPSA) is 152 Å². The highest BCUT2D eigenvalue weighted by Gasteiger charge is 2.61. The van der Waals surface area contributed by atoms with Crippen molar-refractivity contribution in [1.29, 1.82) is 0 Å². The molecule has 2 aliphatic rings. The molecule has 0 spiro atoms. The van der Waals surface area contributed by atoms with Crippen LogP contribution in [0.25, 0.3) is 0 Å². The number of rotatable bonds is 16. The predicted molar refractivity (Wildman–Crippen MR) is 220 cm³/mol. The summed E-state index contributed by atoms with van der Waals surface area (Å²) in [5.41, 5.74) is 6.65. The molecule has 4 aromatic rings. The molecular weight excluding hydrogens is 769 g/mol. The van der Waals surface area contributed by atoms with Crippen LogP contribution in [0.5, 0.6) is 23.0 Å². The zero-order chi connectivity index (χ0) is 41.2. The average Bonchev–Trinajstić information content (AvgIpc) is 3.19. The zero-order valence-corrected chi connectivity index (χ0v) is 35.1. The molecule has 0 aromatic heterocycles. The molecule has 0 saturated carbocycles. The first-order valence-corrected chi connectivity index (χ1v) is 22.0. The van der Waals surface area contributed by atoms with Crippen molar-refractivity contribution in [1.82, 2.24) is 9.80 Å². The molecule has 4 unspecified atom stereocenters. The third-order valence-corrected chi connectivity index (χ3v) is 15.7. The highest BCUT2D eigenvalue weighted by atomic mass is 32.2. The SMILES string of the molecule is CCN1Cc2cc(OCCCC(C)(C(C)(COc3ccc4c(c3)CN(C)CC4c3ccc(OC)cc3)S(=O)(=O)O)S(=O)(=O)O)ccc2C(c2ccc(OC)cc2)C1. The van der Waals surface area contributed by atoms with Crippen LogP contribution in [-0.4, -0.2) is 99.4 Å². The second kappa shape index (κ2) is 17.0. The monoisotopic (exact) mass is 822 g/mol. The van der Waals surface area contributed by atoms with Gasteiger partial charge in [-0.25, -0.2) is 0 Å². The Morgan fingerprint density at radius 3 is 1.63 bits per heavy atom. The second-order valence-corrected chi connectivity index (χ2v) is 19.3. The highest BCUT2D eigenvalue weighted by molar-refractivity contribution is 7.91. The first kappa shape index (κ1) is 42.4. The van der Waals surface area contributed by atoms with Crippen molar-refractivity contribution in [2.45, 2.75) is 68.0 Å². The van der Waals surface area contributed by atoms with Crippen LogP contribution in [0, 0.1) is 0 Å². The van der Waals surface area contributed by atoms with Crippen molar-refractivity contribution >= 4 is 20.2 Å². The van der Waals surface area contributed by atoms with Gasteiger partial charge in [-0.05, 0) is 122 Å². The van der Waals surface area contributed by atoms with E-state index in [0.29, 0.717) is 18.0 Å². The molecule has 6 rings (SSSR count). The van der Waals surface area contributed by atoms with Crippen molar-refractivity contribution in [3.8, 4) is 23.0 Å². The number of fused-ring (bicyclic) bond motifs is 2. The van der Waals surface area contributed by atoms with Gasteiger partial charge in [-0.3, -0.25) is 14.0 Å². The Morgan fingerprint density at radius 1 is 0.667 bits per heavy atom. The van der Waals surface area contributed by atoms with Gasteiger partial charge < -0.3 is 23.8 Å². The maximum atomic E-state index is 13.1. The van der Waals surface area contributed by atoms with Gasteiger partial charge in [0.15, 0.2) is 0 Å². The molecule has 2 N–H and O–H groups in total. The Kier molecular flexibility index (Phi) is 12.6. The summed E-state index contributed by atoms with van der Waals surface area (Å²) in [7, 11) is -4.93. The molecule has 0 aliphatic carbocycles. The van der Waals surface area contributed by atoms with Gasteiger partial charge in [-0.1, -0.05) is 43.3 Å². The van der Waals surface area contributed by atoms with E-state index in [-0.39, 0.29) is 31.3 Å². The van der Waals surface area contributed by atoms with Gasteiger partial charge in [0.2, 0.25) is 0 Å². The van der Waals surface area contributed by atoms with E-state index >= 15 is 0 Å². The third kappa shape index (κ3) is 8.81. The summed E-state index contributed by atoms with van der Waals surface area (Å²) in [6.45, 7) is 7.50. The summed E-state index contributed by atoms with van der Waals surface area (Å²) in [5, 5.41) is 0. The van der Waals surface area contributed by atoms with Crippen molar-refractivity contribution in [2.24, 2.45) is 0 Å². The van der Waals surface area contributed by atoms with Gasteiger partial charge in [-0.2, -0.15) is 16.8 Å². The van der Waals surface area contributed by atoms with Crippen LogP contribution in [0.2, 0.25) is 0 Å². The van der Waals surface area contributed by atoms with Crippen LogP contribution in [-0.2, 0) is 33.3 Å². The molecule has 2 aliphatic heterocycles. The lowest BCUT2D eigenvalue weighted by Crippen LogP contribution is -2.62. The fourth-order valence-electron chi connectivity index (χ4n) is 8.19. The maximum absolute atomic E-state index is 13.1. The molecular formula is C43H54N2O10S2. The molecule has 57 heavy (non-hydrogen) atoms. The van der Waals surface area contributed by atoms with E-state index < -0.39 is 36.3 Å². The molecule has 12 nitrogen and oxygen atoms in total. The van der Waals surface area contributed by atoms with E-state index in [9.17, 15) is 25.9 Å². The number of hydrogen-bond acceptors (Lipinski definition) is 10. The molecule has 14 heteroatoms. The van der Waals surface area contributed by atoms with Crippen LogP contribution in [0.15, 0.2) is 84.9 Å². The minimum Gasteiger partial charge on any atom is -0.497 e. The summed E-state index contributed by atoms with van der Waals surface area (Å²) in [4.78, 5) is 4.53. The van der Waals surface area contributed by atoms with E-state index in [1.165, 1.54) is 11.1 Å². The smallest absolute Gasteiger partial charge is 0.275 e. The largest absolute Gasteiger partial charge is 0.497 e. The van der Waals surface area contributed by atoms with Gasteiger partial charge >= 0.3 is 0 Å². The fraction of sp³-hybridized carbons (Fsp3) is 0.442. The Morgan fingerprint density at radius 2 is 1.14 bits per heavy atom. The Balaban J connectivity index is 1.17. The lowest BCUT2D eigenvalue weighted by Gasteiger charge is -2.41. The lowest BCUT2D eigenvalue weighted by atomic mass is 9.84. The molecule has 4 aromatic carbocycles. The number of benzene rings is 4. The first-order valence-electron chi connectivity index (χ1n) is 19.1. The minimum absolute atomic E-state index is 0.0272. The van der Waals surface area contributed by atoms with Crippen molar-refractivity contribution < 1.29 is 44.9 Å². The summed E-state index contributed by atoms with van der Waals surface area (Å²) in [6, 6.07) is 27.4. The molecule has 0 fully saturated rings. The minimum atomic E-state index is -5.13. The van der Waals surface area contributed by atoms with Crippen LogP contribution >= 0.6 is 0 Å². The number of ether oxygens (including phenoxy) is 4. The number of hydrogen-bond donors (Lipinski definition) is 2. The fourth-order valence-corrected chi connectivity index (χ4v) is 10.7. The molecule has 4 atom stereocenters. The predicted octanol–water partition coefficient (Wildman–Crippen LogP) is 6.78. The molecule has 0 amide bonds. The summed E-state index contributed by atoms with van der Waals surface area (Å²) in [5.74, 6) is 2.66. The highest BCUT2D eigenvalue weighted by Crippen LogP contribution is 2.42. The number of nitrogens with zero attached hydrogens (tertiary/aromatic N) is 2. The normalized spacial score (nSPS) is 19.7. The van der Waals surface area contributed by atoms with Crippen molar-refractivity contribution in [3.63, 3.8) is 0 Å². The summed E-state index contributed by atoms with van der Waals surface area (Å²) in [6.07, 6.45) is -0.302. The second-order valence-electron chi connectivity index (χ2n) is 15.5. The Labute approximate surface area is 337 Å². The van der Waals surface area contributed by atoms with E-state index in [2.05, 4.69) is 34.9 Å². The molecule has 0 bridgehead atoms. The Hall–Kier alpha value is -4.18. The lowest BCUT2D eigenvalue weighted by molar-refractivity contribution is 0.208. The zero-order valence-electron chi connectivity index (χ0n) is 33.5. The van der Waals surface area contributed by atoms with Gasteiger partial charge in [0.05, 0.1) is 20.8 Å². The van der Waals surface area contributed by atoms with E-state index in [4.69, 9.17) is 18.9 Å². The van der Waals surface area contributed by atoms with Crippen LogP contribution in [0.1, 0.15) is 78.8 Å². The van der Waals surface area contributed by atoms with Crippen LogP contribution < -0.4 is 18.9 Å². The van der Waals surface area contributed by atoms with Gasteiger partial charge in [0.1, 0.15) is 39.1 Å². The summed E-state index contributed by atoms with van der Waals surface area (Å²) < 4.78 is 91.7. The maximum Gasteiger partial charge on any atom is 0.275 e. The standard InChI is InChI=1S/C43H54N2O10S2/c1-7-45-26-33-24-36(17-19-39(33)41(28-45)31-11-15-35(53-6)16-12-31)54-22-8-21-42(2,56(46,47)48)43(3,57(49,50)51)29-55-37-18-20-38-32(23-37)25-44(4)27-40(38)30-9-13-34(52-5)14-10-30/h9-20,23-24,40-41H,7-8,21-22,25-29H2,1-6H3,(H,46,47,48)(H,49,50,51). The average molecular weight is 823 g/mol. The molecule has 2 heterocycles. The van der Waals surface area contributed by atoms with Gasteiger partial charge in [0.25, 0.3) is 20.2 Å². The molecule has 0 radical (unpaired) electrons. The number of likely N-dealkylation sites (N-methyl/N-ethyl adjacent to an activating group) is 2. The first-order chi connectivity index (χ1) is 27.0. The van der Waals surface area contributed by atoms with Crippen molar-refractivity contribution in [2.75, 3.05) is 54.1 Å². The summed E-state index contributed by atoms with van der Waals surface area (Å²) >= 11 is 0. The molecule has 308 valence electrons. The van der Waals surface area contributed by atoms with E-state index in [1.807, 2.05) is 67.7 Å². The third-order valence-electron chi connectivity index (χ3n) is 12.1. The van der Waals surface area contributed by atoms with Crippen LogP contribution in [0.3, 0.4) is 0 Å².